The number of hydrogen-bond donors (Lipinski definition) is 0. The molecule has 0 aliphatic carbocycles. The second-order valence-corrected chi connectivity index (χ2v) is 20.2. The Morgan fingerprint density at radius 2 is 0.615 bits per heavy atom. The monoisotopic (exact) mass is 883 g/mol. The van der Waals surface area contributed by atoms with Gasteiger partial charge in [-0.15, -0.1) is 0 Å². The molecule has 0 aliphatic heterocycles. The van der Waals surface area contributed by atoms with Crippen molar-refractivity contribution in [2.24, 2.45) is 0 Å². The molecule has 0 atom stereocenters. The van der Waals surface area contributed by atoms with Crippen LogP contribution in [-0.2, 0) is 5.41 Å². The van der Waals surface area contributed by atoms with Crippen LogP contribution in [0.2, 0.25) is 5.02 Å². The van der Waals surface area contributed by atoms with Crippen LogP contribution in [0.25, 0.3) is 0 Å². The van der Waals surface area contributed by atoms with E-state index in [1.807, 2.05) is 60.7 Å². The van der Waals surface area contributed by atoms with Gasteiger partial charge in [-0.25, -0.2) is 0 Å². The average molecular weight is 884 g/mol. The van der Waals surface area contributed by atoms with E-state index in [2.05, 4.69) is 141 Å². The Kier molecular flexibility index (Phi) is 12.4. The van der Waals surface area contributed by atoms with Gasteiger partial charge in [0.15, 0.2) is 11.6 Å². The summed E-state index contributed by atoms with van der Waals surface area (Å²) in [6, 6.07) is 77.9. The van der Waals surface area contributed by atoms with E-state index in [9.17, 15) is 9.59 Å². The molecule has 0 bridgehead atoms. The molecule has 0 N–H and O–H groups in total. The Morgan fingerprint density at radius 1 is 0.354 bits per heavy atom. The van der Waals surface area contributed by atoms with Gasteiger partial charge in [-0.1, -0.05) is 104 Å². The van der Waals surface area contributed by atoms with Gasteiger partial charge in [0, 0.05) is 32.7 Å². The summed E-state index contributed by atoms with van der Waals surface area (Å²) in [6.07, 6.45) is 0. The van der Waals surface area contributed by atoms with Crippen LogP contribution >= 0.6 is 18.9 Å². The first kappa shape index (κ1) is 42.9. The number of carbonyl (C=O) groups is 2. The number of halogens is 1. The van der Waals surface area contributed by atoms with Gasteiger partial charge < -0.3 is 9.47 Å². The highest BCUT2D eigenvalue weighted by Gasteiger charge is 2.47. The van der Waals surface area contributed by atoms with Crippen LogP contribution in [0, 0.1) is 0 Å². The summed E-state index contributed by atoms with van der Waals surface area (Å²) in [6.45, 7) is 4.37. The fraction of sp³-hybridized carbons (Fsp3) is 0.0508. The van der Waals surface area contributed by atoms with E-state index >= 15 is 0 Å². The topological polar surface area (TPSA) is 52.6 Å². The number of ether oxygens (including phenoxy) is 2. The predicted molar refractivity (Wildman–Crippen MR) is 268 cm³/mol. The second-order valence-electron chi connectivity index (χ2n) is 16.3. The third-order valence-electron chi connectivity index (χ3n) is 11.9. The van der Waals surface area contributed by atoms with Gasteiger partial charge in [0.2, 0.25) is 0 Å². The van der Waals surface area contributed by atoms with Gasteiger partial charge in [-0.3, -0.25) is 9.59 Å². The lowest BCUT2D eigenvalue weighted by atomic mass is 9.78. The van der Waals surface area contributed by atoms with Crippen LogP contribution in [-0.4, -0.2) is 11.6 Å². The van der Waals surface area contributed by atoms with Gasteiger partial charge in [-0.05, 0) is 169 Å². The van der Waals surface area contributed by atoms with Crippen LogP contribution in [0.4, 0.5) is 0 Å². The lowest BCUT2D eigenvalue weighted by molar-refractivity contribution is 0.103. The van der Waals surface area contributed by atoms with E-state index in [-0.39, 0.29) is 17.0 Å². The van der Waals surface area contributed by atoms with Crippen LogP contribution in [0.15, 0.2) is 237 Å². The molecule has 0 unspecified atom stereocenters. The van der Waals surface area contributed by atoms with Crippen molar-refractivity contribution in [2.45, 2.75) is 19.3 Å². The molecule has 0 radical (unpaired) electrons. The minimum atomic E-state index is -2.26. The summed E-state index contributed by atoms with van der Waals surface area (Å²) < 4.78 is 12.4. The van der Waals surface area contributed by atoms with Crippen molar-refractivity contribution < 1.29 is 19.1 Å². The first-order valence-corrected chi connectivity index (χ1v) is 23.6. The maximum atomic E-state index is 13.9. The van der Waals surface area contributed by atoms with E-state index in [1.54, 1.807) is 48.5 Å². The largest absolute Gasteiger partial charge is 0.457 e. The fourth-order valence-corrected chi connectivity index (χ4v) is 12.7. The van der Waals surface area contributed by atoms with Crippen molar-refractivity contribution in [3.05, 3.63) is 275 Å². The van der Waals surface area contributed by atoms with E-state index < -0.39 is 7.26 Å². The zero-order chi connectivity index (χ0) is 44.8. The molecule has 0 heterocycles. The van der Waals surface area contributed by atoms with E-state index in [0.29, 0.717) is 50.3 Å². The molecular formula is C59H45ClO4P+. The normalized spacial score (nSPS) is 11.4. The van der Waals surface area contributed by atoms with Crippen LogP contribution < -0.4 is 30.7 Å². The highest BCUT2D eigenvalue weighted by Crippen LogP contribution is 2.54. The Labute approximate surface area is 386 Å². The lowest BCUT2D eigenvalue weighted by Crippen LogP contribution is -2.38. The third-order valence-corrected chi connectivity index (χ3v) is 16.5. The molecule has 9 aromatic rings. The molecular weight excluding hydrogens is 839 g/mol. The van der Waals surface area contributed by atoms with E-state index in [1.165, 1.54) is 21.2 Å². The van der Waals surface area contributed by atoms with Crippen LogP contribution in [0.5, 0.6) is 23.0 Å². The quantitative estimate of drug-likeness (QED) is 0.0806. The summed E-state index contributed by atoms with van der Waals surface area (Å²) in [5.74, 6) is 2.56. The zero-order valence-electron chi connectivity index (χ0n) is 36.0. The fourth-order valence-electron chi connectivity index (χ4n) is 8.29. The van der Waals surface area contributed by atoms with Crippen LogP contribution in [0.3, 0.4) is 0 Å². The summed E-state index contributed by atoms with van der Waals surface area (Å²) >= 11 is 5.98. The van der Waals surface area contributed by atoms with E-state index in [0.717, 1.165) is 11.1 Å². The van der Waals surface area contributed by atoms with Crippen molar-refractivity contribution in [3.63, 3.8) is 0 Å². The minimum Gasteiger partial charge on any atom is -0.457 e. The van der Waals surface area contributed by atoms with Crippen molar-refractivity contribution in [1.82, 2.24) is 0 Å². The van der Waals surface area contributed by atoms with Crippen molar-refractivity contribution in [2.75, 3.05) is 0 Å². The molecule has 65 heavy (non-hydrogen) atoms. The maximum absolute atomic E-state index is 13.9. The molecule has 9 aromatic carbocycles. The number of hydrogen-bond acceptors (Lipinski definition) is 4. The number of benzene rings is 9. The lowest BCUT2D eigenvalue weighted by Gasteiger charge is -2.27. The van der Waals surface area contributed by atoms with Gasteiger partial charge in [0.25, 0.3) is 0 Å². The molecule has 0 aromatic heterocycles. The highest BCUT2D eigenvalue weighted by molar-refractivity contribution is 8.01. The van der Waals surface area contributed by atoms with Gasteiger partial charge >= 0.3 is 0 Å². The first-order valence-electron chi connectivity index (χ1n) is 21.5. The smallest absolute Gasteiger partial charge is 0.193 e. The molecule has 0 aliphatic rings. The Hall–Kier alpha value is -7.36. The van der Waals surface area contributed by atoms with Gasteiger partial charge in [0.1, 0.15) is 51.5 Å². The molecule has 316 valence electrons. The summed E-state index contributed by atoms with van der Waals surface area (Å²) in [7, 11) is -2.26. The molecule has 4 nitrogen and oxygen atoms in total. The average Bonchev–Trinajstić information content (AvgIpc) is 3.36. The molecule has 0 saturated carbocycles. The molecule has 0 amide bonds. The molecule has 0 spiro atoms. The number of carbonyl (C=O) groups excluding carboxylic acids is 2. The van der Waals surface area contributed by atoms with Crippen molar-refractivity contribution in [3.8, 4) is 23.0 Å². The number of ketones is 2. The van der Waals surface area contributed by atoms with Gasteiger partial charge in [-0.2, -0.15) is 0 Å². The first-order chi connectivity index (χ1) is 31.7. The van der Waals surface area contributed by atoms with Crippen LogP contribution in [0.1, 0.15) is 56.8 Å². The minimum absolute atomic E-state index is 0.0464. The van der Waals surface area contributed by atoms with Gasteiger partial charge in [0.05, 0.1) is 0 Å². The maximum Gasteiger partial charge on any atom is 0.193 e. The Bertz CT molecular complexity index is 2930. The van der Waals surface area contributed by atoms with E-state index in [4.69, 9.17) is 21.1 Å². The molecule has 0 saturated heterocycles. The SMILES string of the molecule is CC(C)(c1ccc(Oc2ccc(C(=O)c3ccc(Cl)cc3)cc2)cc1)c1ccc(Oc2ccc(C(=O)c3ccc([P+](c4ccccc4)(c4ccccc4)c4ccccc4)cc3)cc2)cc1. The molecule has 6 heteroatoms. The number of rotatable bonds is 14. The standard InChI is InChI=1S/C59H45ClO4P/c1-59(2,46-26-36-51(37-27-46)63-49-32-20-43(21-33-49)57(61)42-18-30-48(60)31-19-42)47-28-38-52(39-29-47)64-50-34-22-44(23-35-50)58(62)45-24-40-56(41-25-45)65(53-12-6-3-7-13-53,54-14-8-4-9-15-54)55-16-10-5-11-17-55/h3-41H,1-2H3/q+1. The Morgan fingerprint density at radius 3 is 0.938 bits per heavy atom. The molecule has 0 fully saturated rings. The molecule has 9 rings (SSSR count). The highest BCUT2D eigenvalue weighted by atomic mass is 35.5. The second kappa shape index (κ2) is 18.8. The van der Waals surface area contributed by atoms with Crippen molar-refractivity contribution >= 4 is 51.6 Å². The Balaban J connectivity index is 0.848. The zero-order valence-corrected chi connectivity index (χ0v) is 37.6. The predicted octanol–water partition coefficient (Wildman–Crippen LogP) is 13.3. The third kappa shape index (κ3) is 9.06. The summed E-state index contributed by atoms with van der Waals surface area (Å²) in [4.78, 5) is 26.7. The summed E-state index contributed by atoms with van der Waals surface area (Å²) in [5, 5.41) is 5.55. The summed E-state index contributed by atoms with van der Waals surface area (Å²) in [5.41, 5.74) is 4.33. The van der Waals surface area contributed by atoms with Crippen molar-refractivity contribution in [1.29, 1.82) is 0 Å².